The second kappa shape index (κ2) is 6.76. The summed E-state index contributed by atoms with van der Waals surface area (Å²) in [6.07, 6.45) is 1.20. The van der Waals surface area contributed by atoms with Gasteiger partial charge < -0.3 is 5.32 Å². The molecule has 0 spiro atoms. The average molecular weight is 391 g/mol. The first-order valence-electron chi connectivity index (χ1n) is 7.07. The molecule has 0 amide bonds. The third kappa shape index (κ3) is 3.55. The maximum atomic E-state index is 11.3. The number of nitrogens with zero attached hydrogens (tertiary/aromatic N) is 5. The van der Waals surface area contributed by atoms with Crippen LogP contribution in [0.4, 0.5) is 28.6 Å². The van der Waals surface area contributed by atoms with Gasteiger partial charge in [-0.05, 0) is 18.2 Å². The van der Waals surface area contributed by atoms with Crippen LogP contribution in [0.3, 0.4) is 0 Å². The summed E-state index contributed by atoms with van der Waals surface area (Å²) < 4.78 is 0. The Kier molecular flexibility index (Phi) is 4.48. The van der Waals surface area contributed by atoms with Gasteiger partial charge in [-0.3, -0.25) is 35.3 Å². The summed E-state index contributed by atoms with van der Waals surface area (Å²) in [5.41, 5.74) is -2.17. The van der Waals surface area contributed by atoms with E-state index in [2.05, 4.69) is 15.3 Å². The molecule has 0 radical (unpaired) electrons. The summed E-state index contributed by atoms with van der Waals surface area (Å²) in [7, 11) is 0. The zero-order chi connectivity index (χ0) is 19.7. The van der Waals surface area contributed by atoms with Gasteiger partial charge in [-0.15, -0.1) is 0 Å². The number of hydrogen-bond donors (Lipinski definition) is 1. The molecule has 1 N–H and O–H groups in total. The van der Waals surface area contributed by atoms with Crippen LogP contribution >= 0.6 is 11.6 Å². The fourth-order valence-electron chi connectivity index (χ4n) is 2.29. The van der Waals surface area contributed by atoms with Gasteiger partial charge in [0.2, 0.25) is 0 Å². The fraction of sp³-hybridized carbons (Fsp3) is 0. The quantitative estimate of drug-likeness (QED) is 0.503. The van der Waals surface area contributed by atoms with Gasteiger partial charge in [0, 0.05) is 5.02 Å². The van der Waals surface area contributed by atoms with Crippen LogP contribution in [-0.2, 0) is 0 Å². The van der Waals surface area contributed by atoms with Crippen molar-refractivity contribution in [2.24, 2.45) is 0 Å². The molecule has 0 unspecified atom stereocenters. The molecule has 1 heterocycles. The average Bonchev–Trinajstić information content (AvgIpc) is 2.61. The molecule has 3 rings (SSSR count). The van der Waals surface area contributed by atoms with E-state index in [1.165, 1.54) is 6.20 Å². The number of benzene rings is 2. The van der Waals surface area contributed by atoms with Crippen LogP contribution in [0.2, 0.25) is 5.02 Å². The molecular weight excluding hydrogens is 384 g/mol. The SMILES string of the molecule is O=[N+]([O-])c1cc([N+](=O)[O-])c(Nc2cnc3cc(Cl)ccc3n2)c([N+](=O)[O-])c1. The van der Waals surface area contributed by atoms with E-state index in [-0.39, 0.29) is 5.82 Å². The van der Waals surface area contributed by atoms with Crippen LogP contribution in [0.15, 0.2) is 36.5 Å². The molecule has 136 valence electrons. The van der Waals surface area contributed by atoms with Gasteiger partial charge in [0.1, 0.15) is 5.82 Å². The monoisotopic (exact) mass is 390 g/mol. The minimum absolute atomic E-state index is 0.0233. The van der Waals surface area contributed by atoms with Crippen molar-refractivity contribution in [1.82, 2.24) is 9.97 Å². The summed E-state index contributed by atoms with van der Waals surface area (Å²) in [5, 5.41) is 36.4. The fourth-order valence-corrected chi connectivity index (χ4v) is 2.46. The topological polar surface area (TPSA) is 167 Å². The second-order valence-electron chi connectivity index (χ2n) is 5.14. The predicted octanol–water partition coefficient (Wildman–Crippen LogP) is 3.75. The Labute approximate surface area is 153 Å². The third-order valence-corrected chi connectivity index (χ3v) is 3.68. The van der Waals surface area contributed by atoms with Crippen molar-refractivity contribution in [2.75, 3.05) is 5.32 Å². The molecule has 1 aromatic heterocycles. The van der Waals surface area contributed by atoms with E-state index in [0.29, 0.717) is 28.2 Å². The second-order valence-corrected chi connectivity index (χ2v) is 5.58. The third-order valence-electron chi connectivity index (χ3n) is 3.44. The number of hydrogen-bond acceptors (Lipinski definition) is 9. The van der Waals surface area contributed by atoms with Gasteiger partial charge in [0.15, 0.2) is 5.69 Å². The molecule has 0 fully saturated rings. The number of nitro groups is 3. The molecule has 0 saturated carbocycles. The van der Waals surface area contributed by atoms with Crippen LogP contribution < -0.4 is 5.32 Å². The van der Waals surface area contributed by atoms with Crippen molar-refractivity contribution in [3.63, 3.8) is 0 Å². The lowest BCUT2D eigenvalue weighted by Crippen LogP contribution is -2.04. The first kappa shape index (κ1) is 17.9. The molecular formula is C14H7ClN6O6. The van der Waals surface area contributed by atoms with Crippen molar-refractivity contribution in [2.45, 2.75) is 0 Å². The molecule has 0 saturated heterocycles. The molecule has 2 aromatic carbocycles. The number of non-ortho nitro benzene ring substituents is 1. The van der Waals surface area contributed by atoms with E-state index in [1.807, 2.05) is 0 Å². The summed E-state index contributed by atoms with van der Waals surface area (Å²) in [6, 6.07) is 5.91. The van der Waals surface area contributed by atoms with E-state index < -0.39 is 37.5 Å². The standard InChI is InChI=1S/C14H7ClN6O6/c15-7-1-2-9-10(3-7)16-6-13(17-9)18-14-11(20(24)25)4-8(19(22)23)5-12(14)21(26)27/h1-6H,(H,17,18). The van der Waals surface area contributed by atoms with E-state index >= 15 is 0 Å². The summed E-state index contributed by atoms with van der Waals surface area (Å²) >= 11 is 5.85. The van der Waals surface area contributed by atoms with Gasteiger partial charge in [-0.2, -0.15) is 0 Å². The zero-order valence-corrected chi connectivity index (χ0v) is 13.8. The van der Waals surface area contributed by atoms with Crippen molar-refractivity contribution >= 4 is 51.2 Å². The molecule has 13 heteroatoms. The number of aromatic nitrogens is 2. The Morgan fingerprint density at radius 2 is 1.52 bits per heavy atom. The lowest BCUT2D eigenvalue weighted by molar-refractivity contribution is -0.401. The van der Waals surface area contributed by atoms with E-state index in [1.54, 1.807) is 18.2 Å². The Bertz CT molecular complexity index is 1090. The molecule has 0 aliphatic heterocycles. The van der Waals surface area contributed by atoms with Gasteiger partial charge in [-0.25, -0.2) is 4.98 Å². The largest absolute Gasteiger partial charge is 0.328 e. The molecule has 0 atom stereocenters. The maximum Gasteiger partial charge on any atom is 0.306 e. The lowest BCUT2D eigenvalue weighted by Gasteiger charge is -2.08. The number of nitrogens with one attached hydrogen (secondary N) is 1. The maximum absolute atomic E-state index is 11.3. The molecule has 0 aliphatic carbocycles. The van der Waals surface area contributed by atoms with Gasteiger partial charge >= 0.3 is 11.4 Å². The molecule has 12 nitrogen and oxygen atoms in total. The summed E-state index contributed by atoms with van der Waals surface area (Å²) in [5.74, 6) is -0.0233. The Hall–Kier alpha value is -3.93. The number of anilines is 2. The minimum atomic E-state index is -0.962. The Morgan fingerprint density at radius 3 is 2.07 bits per heavy atom. The highest BCUT2D eigenvalue weighted by Gasteiger charge is 2.31. The van der Waals surface area contributed by atoms with Crippen LogP contribution in [0.25, 0.3) is 11.0 Å². The van der Waals surface area contributed by atoms with E-state index in [0.717, 1.165) is 0 Å². The van der Waals surface area contributed by atoms with Crippen molar-refractivity contribution in [1.29, 1.82) is 0 Å². The lowest BCUT2D eigenvalue weighted by atomic mass is 10.2. The smallest absolute Gasteiger partial charge is 0.306 e. The summed E-state index contributed by atoms with van der Waals surface area (Å²) in [6.45, 7) is 0. The van der Waals surface area contributed by atoms with Crippen molar-refractivity contribution in [3.8, 4) is 0 Å². The molecule has 27 heavy (non-hydrogen) atoms. The summed E-state index contributed by atoms with van der Waals surface area (Å²) in [4.78, 5) is 38.8. The van der Waals surface area contributed by atoms with Gasteiger partial charge in [0.05, 0.1) is 44.1 Å². The molecule has 3 aromatic rings. The van der Waals surface area contributed by atoms with Crippen molar-refractivity contribution < 1.29 is 14.8 Å². The van der Waals surface area contributed by atoms with Crippen LogP contribution in [0.5, 0.6) is 0 Å². The number of nitro benzene ring substituents is 3. The van der Waals surface area contributed by atoms with E-state index in [9.17, 15) is 30.3 Å². The number of halogens is 1. The van der Waals surface area contributed by atoms with E-state index in [4.69, 9.17) is 11.6 Å². The van der Waals surface area contributed by atoms with Crippen molar-refractivity contribution in [3.05, 3.63) is 71.9 Å². The minimum Gasteiger partial charge on any atom is -0.328 e. The number of rotatable bonds is 5. The first-order valence-corrected chi connectivity index (χ1v) is 7.44. The zero-order valence-electron chi connectivity index (χ0n) is 13.0. The molecule has 0 bridgehead atoms. The Balaban J connectivity index is 2.15. The van der Waals surface area contributed by atoms with Gasteiger partial charge in [0.25, 0.3) is 5.69 Å². The number of fused-ring (bicyclic) bond motifs is 1. The van der Waals surface area contributed by atoms with Crippen LogP contribution in [-0.4, -0.2) is 24.7 Å². The van der Waals surface area contributed by atoms with Crippen LogP contribution in [0, 0.1) is 30.3 Å². The van der Waals surface area contributed by atoms with Gasteiger partial charge in [-0.1, -0.05) is 11.6 Å². The highest BCUT2D eigenvalue weighted by atomic mass is 35.5. The molecule has 0 aliphatic rings. The highest BCUT2D eigenvalue weighted by Crippen LogP contribution is 2.39. The predicted molar refractivity (Wildman–Crippen MR) is 94.2 cm³/mol. The highest BCUT2D eigenvalue weighted by molar-refractivity contribution is 6.31. The first-order chi connectivity index (χ1) is 12.8. The Morgan fingerprint density at radius 1 is 0.889 bits per heavy atom. The van der Waals surface area contributed by atoms with Crippen LogP contribution in [0.1, 0.15) is 0 Å². The normalized spacial score (nSPS) is 10.6.